The SMILES string of the molecule is FC(F)(F)COC1CC(Br)C1. The molecule has 0 radical (unpaired) electrons. The quantitative estimate of drug-likeness (QED) is 0.665. The van der Waals surface area contributed by atoms with Crippen LogP contribution in [0.2, 0.25) is 0 Å². The molecule has 0 bridgehead atoms. The van der Waals surface area contributed by atoms with Gasteiger partial charge < -0.3 is 4.74 Å². The topological polar surface area (TPSA) is 9.23 Å². The van der Waals surface area contributed by atoms with E-state index in [0.29, 0.717) is 17.7 Å². The van der Waals surface area contributed by atoms with Crippen molar-refractivity contribution >= 4 is 15.9 Å². The molecule has 11 heavy (non-hydrogen) atoms. The lowest BCUT2D eigenvalue weighted by atomic mass is 9.96. The molecule has 1 aliphatic carbocycles. The third-order valence-corrected chi connectivity index (χ3v) is 2.27. The van der Waals surface area contributed by atoms with Crippen LogP contribution in [0, 0.1) is 0 Å². The Morgan fingerprint density at radius 1 is 1.36 bits per heavy atom. The second kappa shape index (κ2) is 3.31. The van der Waals surface area contributed by atoms with Crippen molar-refractivity contribution < 1.29 is 17.9 Å². The third-order valence-electron chi connectivity index (χ3n) is 1.52. The lowest BCUT2D eigenvalue weighted by molar-refractivity contribution is -0.191. The van der Waals surface area contributed by atoms with Crippen LogP contribution in [0.1, 0.15) is 12.8 Å². The second-order valence-corrected chi connectivity index (χ2v) is 3.91. The van der Waals surface area contributed by atoms with Crippen LogP contribution >= 0.6 is 15.9 Å². The summed E-state index contributed by atoms with van der Waals surface area (Å²) in [6.07, 6.45) is -3.00. The average molecular weight is 233 g/mol. The Bertz CT molecular complexity index is 130. The fraction of sp³-hybridized carbons (Fsp3) is 1.00. The van der Waals surface area contributed by atoms with Gasteiger partial charge in [0.1, 0.15) is 6.61 Å². The number of alkyl halides is 4. The third kappa shape index (κ3) is 3.42. The van der Waals surface area contributed by atoms with Gasteiger partial charge in [-0.15, -0.1) is 0 Å². The molecular formula is C6H8BrF3O. The van der Waals surface area contributed by atoms with E-state index < -0.39 is 12.8 Å². The molecule has 1 fully saturated rings. The Morgan fingerprint density at radius 2 is 1.91 bits per heavy atom. The van der Waals surface area contributed by atoms with E-state index in [4.69, 9.17) is 0 Å². The number of hydrogen-bond donors (Lipinski definition) is 0. The average Bonchev–Trinajstić information content (AvgIpc) is 1.75. The molecule has 0 unspecified atom stereocenters. The van der Waals surface area contributed by atoms with Crippen molar-refractivity contribution in [3.05, 3.63) is 0 Å². The van der Waals surface area contributed by atoms with Crippen molar-refractivity contribution in [1.82, 2.24) is 0 Å². The van der Waals surface area contributed by atoms with Gasteiger partial charge in [0.25, 0.3) is 0 Å². The first-order valence-corrected chi connectivity index (χ1v) is 4.21. The minimum absolute atomic E-state index is 0.194. The van der Waals surface area contributed by atoms with Gasteiger partial charge in [-0.3, -0.25) is 0 Å². The molecule has 0 atom stereocenters. The van der Waals surface area contributed by atoms with Crippen LogP contribution in [0.5, 0.6) is 0 Å². The summed E-state index contributed by atoms with van der Waals surface area (Å²) in [6.45, 7) is -1.11. The van der Waals surface area contributed by atoms with E-state index in [1.54, 1.807) is 0 Å². The minimum Gasteiger partial charge on any atom is -0.369 e. The highest BCUT2D eigenvalue weighted by Crippen LogP contribution is 2.30. The van der Waals surface area contributed by atoms with E-state index in [1.165, 1.54) is 0 Å². The number of halogens is 4. The molecule has 66 valence electrons. The standard InChI is InChI=1S/C6H8BrF3O/c7-4-1-5(2-4)11-3-6(8,9)10/h4-5H,1-3H2. The number of rotatable bonds is 2. The van der Waals surface area contributed by atoms with Gasteiger partial charge in [-0.1, -0.05) is 15.9 Å². The van der Waals surface area contributed by atoms with Crippen LogP contribution in [0.3, 0.4) is 0 Å². The summed E-state index contributed by atoms with van der Waals surface area (Å²) in [5, 5.41) is 0. The van der Waals surface area contributed by atoms with E-state index in [9.17, 15) is 13.2 Å². The van der Waals surface area contributed by atoms with Gasteiger partial charge in [-0.2, -0.15) is 13.2 Å². The zero-order valence-corrected chi connectivity index (χ0v) is 7.28. The summed E-state index contributed by atoms with van der Waals surface area (Å²) in [4.78, 5) is 0.348. The summed E-state index contributed by atoms with van der Waals surface area (Å²) in [5.41, 5.74) is 0. The maximum absolute atomic E-state index is 11.5. The summed E-state index contributed by atoms with van der Waals surface area (Å²) >= 11 is 3.26. The molecule has 0 N–H and O–H groups in total. The summed E-state index contributed by atoms with van der Waals surface area (Å²) in [5.74, 6) is 0. The number of hydrogen-bond acceptors (Lipinski definition) is 1. The Kier molecular flexibility index (Phi) is 2.80. The normalized spacial score (nSPS) is 31.6. The van der Waals surface area contributed by atoms with Crippen molar-refractivity contribution in [1.29, 1.82) is 0 Å². The molecule has 0 heterocycles. The van der Waals surface area contributed by atoms with Crippen LogP contribution in [-0.2, 0) is 4.74 Å². The van der Waals surface area contributed by atoms with E-state index in [2.05, 4.69) is 20.7 Å². The van der Waals surface area contributed by atoms with Gasteiger partial charge in [0.2, 0.25) is 0 Å². The van der Waals surface area contributed by atoms with Crippen molar-refractivity contribution in [2.45, 2.75) is 29.9 Å². The van der Waals surface area contributed by atoms with Crippen molar-refractivity contribution in [3.63, 3.8) is 0 Å². The first kappa shape index (κ1) is 9.32. The van der Waals surface area contributed by atoms with Crippen molar-refractivity contribution in [2.75, 3.05) is 6.61 Å². The minimum atomic E-state index is -4.18. The fourth-order valence-electron chi connectivity index (χ4n) is 0.850. The van der Waals surface area contributed by atoms with Crippen LogP contribution in [0.4, 0.5) is 13.2 Å². The molecule has 0 aromatic rings. The highest BCUT2D eigenvalue weighted by Gasteiger charge is 2.33. The van der Waals surface area contributed by atoms with Gasteiger partial charge >= 0.3 is 6.18 Å². The highest BCUT2D eigenvalue weighted by molar-refractivity contribution is 9.09. The van der Waals surface area contributed by atoms with E-state index in [-0.39, 0.29) is 6.10 Å². The Balaban J connectivity index is 2.05. The molecular weight excluding hydrogens is 225 g/mol. The molecule has 0 aliphatic heterocycles. The first-order chi connectivity index (χ1) is 4.97. The first-order valence-electron chi connectivity index (χ1n) is 3.30. The molecule has 1 rings (SSSR count). The zero-order valence-electron chi connectivity index (χ0n) is 5.70. The van der Waals surface area contributed by atoms with Gasteiger partial charge in [0.15, 0.2) is 0 Å². The predicted octanol–water partition coefficient (Wildman–Crippen LogP) is 2.49. The Labute approximate surface area is 71.0 Å². The highest BCUT2D eigenvalue weighted by atomic mass is 79.9. The van der Waals surface area contributed by atoms with Gasteiger partial charge in [-0.25, -0.2) is 0 Å². The molecule has 1 nitrogen and oxygen atoms in total. The van der Waals surface area contributed by atoms with Gasteiger partial charge in [0.05, 0.1) is 6.10 Å². The largest absolute Gasteiger partial charge is 0.411 e. The molecule has 5 heteroatoms. The van der Waals surface area contributed by atoms with E-state index in [1.807, 2.05) is 0 Å². The summed E-state index contributed by atoms with van der Waals surface area (Å²) < 4.78 is 39.2. The Morgan fingerprint density at radius 3 is 2.27 bits per heavy atom. The van der Waals surface area contributed by atoms with Crippen LogP contribution in [0.25, 0.3) is 0 Å². The summed E-state index contributed by atoms with van der Waals surface area (Å²) in [6, 6.07) is 0. The van der Waals surface area contributed by atoms with Crippen LogP contribution in [-0.4, -0.2) is 23.7 Å². The summed E-state index contributed by atoms with van der Waals surface area (Å²) in [7, 11) is 0. The van der Waals surface area contributed by atoms with Gasteiger partial charge in [-0.05, 0) is 12.8 Å². The van der Waals surface area contributed by atoms with Crippen LogP contribution < -0.4 is 0 Å². The molecule has 0 saturated heterocycles. The molecule has 0 spiro atoms. The molecule has 0 aromatic carbocycles. The monoisotopic (exact) mass is 232 g/mol. The lowest BCUT2D eigenvalue weighted by Gasteiger charge is -2.31. The van der Waals surface area contributed by atoms with Crippen LogP contribution in [0.15, 0.2) is 0 Å². The molecule has 1 saturated carbocycles. The second-order valence-electron chi connectivity index (χ2n) is 2.62. The smallest absolute Gasteiger partial charge is 0.369 e. The van der Waals surface area contributed by atoms with E-state index >= 15 is 0 Å². The molecule has 1 aliphatic rings. The fourth-order valence-corrected chi connectivity index (χ4v) is 1.68. The van der Waals surface area contributed by atoms with Gasteiger partial charge in [0, 0.05) is 4.83 Å². The maximum atomic E-state index is 11.5. The lowest BCUT2D eigenvalue weighted by Crippen LogP contribution is -2.34. The van der Waals surface area contributed by atoms with Crippen molar-refractivity contribution in [2.24, 2.45) is 0 Å². The molecule has 0 aromatic heterocycles. The molecule has 0 amide bonds. The zero-order chi connectivity index (χ0) is 8.48. The predicted molar refractivity (Wildman–Crippen MR) is 37.7 cm³/mol. The van der Waals surface area contributed by atoms with E-state index in [0.717, 1.165) is 0 Å². The number of ether oxygens (including phenoxy) is 1. The Hall–Kier alpha value is 0.230. The maximum Gasteiger partial charge on any atom is 0.411 e. The van der Waals surface area contributed by atoms with Crippen molar-refractivity contribution in [3.8, 4) is 0 Å².